The van der Waals surface area contributed by atoms with Crippen molar-refractivity contribution in [3.63, 3.8) is 0 Å². The van der Waals surface area contributed by atoms with Crippen molar-refractivity contribution in [2.24, 2.45) is 5.92 Å². The average molecular weight is 358 g/mol. The third-order valence-corrected chi connectivity index (χ3v) is 5.93. The van der Waals surface area contributed by atoms with E-state index in [1.807, 2.05) is 29.2 Å². The molecule has 2 atom stereocenters. The zero-order valence-electron chi connectivity index (χ0n) is 15.2. The van der Waals surface area contributed by atoms with Crippen molar-refractivity contribution in [2.45, 2.75) is 44.2 Å². The molecule has 0 aliphatic carbocycles. The molecule has 0 bridgehead atoms. The summed E-state index contributed by atoms with van der Waals surface area (Å²) in [7, 11) is 0. The molecule has 6 heteroatoms. The highest BCUT2D eigenvalue weighted by Gasteiger charge is 2.44. The van der Waals surface area contributed by atoms with Gasteiger partial charge in [0.15, 0.2) is 0 Å². The number of piperidine rings is 1. The Balaban J connectivity index is 1.53. The van der Waals surface area contributed by atoms with E-state index in [0.29, 0.717) is 26.3 Å². The van der Waals surface area contributed by atoms with Gasteiger partial charge in [0, 0.05) is 51.4 Å². The van der Waals surface area contributed by atoms with Gasteiger partial charge in [-0.25, -0.2) is 0 Å². The average Bonchev–Trinajstić information content (AvgIpc) is 3.17. The molecule has 1 spiro atoms. The van der Waals surface area contributed by atoms with Gasteiger partial charge in [-0.1, -0.05) is 18.2 Å². The standard InChI is InChI=1S/C20H26N2O4/c1-14(23)22-9-7-20(8-10-22)12-17(16-4-2-3-5-18(16)26-20)21-19(24)15-6-11-25-13-15/h2-5,15,17H,6-13H2,1H3,(H,21,24)/t15-,17-/m0/s1. The summed E-state index contributed by atoms with van der Waals surface area (Å²) in [6.45, 7) is 4.19. The van der Waals surface area contributed by atoms with E-state index in [0.717, 1.165) is 37.0 Å². The second-order valence-corrected chi connectivity index (χ2v) is 7.65. The first-order valence-electron chi connectivity index (χ1n) is 9.48. The quantitative estimate of drug-likeness (QED) is 0.879. The number of para-hydroxylation sites is 1. The van der Waals surface area contributed by atoms with Gasteiger partial charge in [-0.2, -0.15) is 0 Å². The summed E-state index contributed by atoms with van der Waals surface area (Å²) in [4.78, 5) is 26.2. The number of carbonyl (C=O) groups is 2. The summed E-state index contributed by atoms with van der Waals surface area (Å²) in [5.41, 5.74) is 0.726. The molecule has 3 aliphatic heterocycles. The van der Waals surface area contributed by atoms with Crippen molar-refractivity contribution in [2.75, 3.05) is 26.3 Å². The highest BCUT2D eigenvalue weighted by Crippen LogP contribution is 2.44. The van der Waals surface area contributed by atoms with Gasteiger partial charge in [0.2, 0.25) is 11.8 Å². The van der Waals surface area contributed by atoms with Crippen molar-refractivity contribution in [1.29, 1.82) is 0 Å². The second-order valence-electron chi connectivity index (χ2n) is 7.65. The number of hydrogen-bond acceptors (Lipinski definition) is 4. The van der Waals surface area contributed by atoms with Gasteiger partial charge in [0.25, 0.3) is 0 Å². The number of nitrogens with one attached hydrogen (secondary N) is 1. The van der Waals surface area contributed by atoms with Crippen LogP contribution in [0.2, 0.25) is 0 Å². The van der Waals surface area contributed by atoms with Crippen molar-refractivity contribution < 1.29 is 19.1 Å². The van der Waals surface area contributed by atoms with E-state index in [-0.39, 0.29) is 29.4 Å². The molecular formula is C20H26N2O4. The Morgan fingerprint density at radius 1 is 1.23 bits per heavy atom. The van der Waals surface area contributed by atoms with Crippen LogP contribution in [0.3, 0.4) is 0 Å². The van der Waals surface area contributed by atoms with Gasteiger partial charge in [0.1, 0.15) is 11.4 Å². The van der Waals surface area contributed by atoms with Crippen LogP contribution >= 0.6 is 0 Å². The summed E-state index contributed by atoms with van der Waals surface area (Å²) < 4.78 is 11.8. The van der Waals surface area contributed by atoms with E-state index < -0.39 is 0 Å². The van der Waals surface area contributed by atoms with Crippen LogP contribution in [-0.2, 0) is 14.3 Å². The lowest BCUT2D eigenvalue weighted by atomic mass is 9.80. The Hall–Kier alpha value is -2.08. The lowest BCUT2D eigenvalue weighted by Gasteiger charge is -2.47. The minimum Gasteiger partial charge on any atom is -0.487 e. The maximum absolute atomic E-state index is 12.7. The first-order valence-corrected chi connectivity index (χ1v) is 9.48. The number of fused-ring (bicyclic) bond motifs is 1. The third-order valence-electron chi connectivity index (χ3n) is 5.93. The van der Waals surface area contributed by atoms with Gasteiger partial charge in [0.05, 0.1) is 18.6 Å². The Bertz CT molecular complexity index is 691. The topological polar surface area (TPSA) is 67.9 Å². The number of nitrogens with zero attached hydrogens (tertiary/aromatic N) is 1. The summed E-state index contributed by atoms with van der Waals surface area (Å²) in [6, 6.07) is 7.90. The Labute approximate surface area is 153 Å². The molecule has 3 aliphatic rings. The fourth-order valence-corrected chi connectivity index (χ4v) is 4.31. The van der Waals surface area contributed by atoms with Crippen LogP contribution in [0.4, 0.5) is 0 Å². The van der Waals surface area contributed by atoms with Crippen molar-refractivity contribution in [3.8, 4) is 5.75 Å². The molecule has 2 fully saturated rings. The van der Waals surface area contributed by atoms with E-state index in [1.165, 1.54) is 0 Å². The summed E-state index contributed by atoms with van der Waals surface area (Å²) in [5, 5.41) is 3.24. The number of amides is 2. The van der Waals surface area contributed by atoms with Crippen LogP contribution in [0, 0.1) is 5.92 Å². The molecule has 0 radical (unpaired) electrons. The lowest BCUT2D eigenvalue weighted by Crippen LogP contribution is -2.53. The highest BCUT2D eigenvalue weighted by atomic mass is 16.5. The normalized spacial score (nSPS) is 26.9. The van der Waals surface area contributed by atoms with Gasteiger partial charge < -0.3 is 19.7 Å². The molecule has 140 valence electrons. The Kier molecular flexibility index (Phi) is 4.61. The molecule has 4 rings (SSSR count). The predicted octanol–water partition coefficient (Wildman–Crippen LogP) is 2.04. The van der Waals surface area contributed by atoms with Gasteiger partial charge >= 0.3 is 0 Å². The number of hydrogen-bond donors (Lipinski definition) is 1. The largest absolute Gasteiger partial charge is 0.487 e. The van der Waals surface area contributed by atoms with E-state index in [2.05, 4.69) is 5.32 Å². The molecule has 0 aromatic heterocycles. The Morgan fingerprint density at radius 3 is 2.69 bits per heavy atom. The van der Waals surface area contributed by atoms with Gasteiger partial charge in [-0.15, -0.1) is 0 Å². The molecule has 0 unspecified atom stereocenters. The number of likely N-dealkylation sites (tertiary alicyclic amines) is 1. The lowest BCUT2D eigenvalue weighted by molar-refractivity contribution is -0.133. The van der Waals surface area contributed by atoms with Crippen LogP contribution in [0.15, 0.2) is 24.3 Å². The van der Waals surface area contributed by atoms with Gasteiger partial charge in [-0.3, -0.25) is 9.59 Å². The minimum atomic E-state index is -0.315. The SMILES string of the molecule is CC(=O)N1CCC2(CC1)C[C@H](NC(=O)[C@H]1CCOC1)c1ccccc1O2. The molecule has 1 N–H and O–H groups in total. The zero-order valence-corrected chi connectivity index (χ0v) is 15.2. The molecule has 1 aromatic carbocycles. The molecule has 2 saturated heterocycles. The maximum Gasteiger partial charge on any atom is 0.226 e. The van der Waals surface area contributed by atoms with Crippen LogP contribution in [0.1, 0.15) is 44.2 Å². The van der Waals surface area contributed by atoms with Gasteiger partial charge in [-0.05, 0) is 12.5 Å². The fourth-order valence-electron chi connectivity index (χ4n) is 4.31. The molecular weight excluding hydrogens is 332 g/mol. The summed E-state index contributed by atoms with van der Waals surface area (Å²) in [6.07, 6.45) is 3.12. The number of benzene rings is 1. The van der Waals surface area contributed by atoms with Crippen molar-refractivity contribution >= 4 is 11.8 Å². The van der Waals surface area contributed by atoms with Crippen molar-refractivity contribution in [3.05, 3.63) is 29.8 Å². The zero-order chi connectivity index (χ0) is 18.1. The summed E-state index contributed by atoms with van der Waals surface area (Å²) >= 11 is 0. The molecule has 6 nitrogen and oxygen atoms in total. The van der Waals surface area contributed by atoms with Crippen LogP contribution < -0.4 is 10.1 Å². The van der Waals surface area contributed by atoms with Crippen molar-refractivity contribution in [1.82, 2.24) is 10.2 Å². The van der Waals surface area contributed by atoms with Crippen LogP contribution in [-0.4, -0.2) is 48.6 Å². The Morgan fingerprint density at radius 2 is 2.00 bits per heavy atom. The first-order chi connectivity index (χ1) is 12.6. The number of carbonyl (C=O) groups excluding carboxylic acids is 2. The first kappa shape index (κ1) is 17.3. The molecule has 0 saturated carbocycles. The molecule has 3 heterocycles. The van der Waals surface area contributed by atoms with E-state index in [4.69, 9.17) is 9.47 Å². The fraction of sp³-hybridized carbons (Fsp3) is 0.600. The minimum absolute atomic E-state index is 0.0551. The van der Waals surface area contributed by atoms with E-state index in [1.54, 1.807) is 6.92 Å². The van der Waals surface area contributed by atoms with E-state index in [9.17, 15) is 9.59 Å². The molecule has 2 amide bonds. The van der Waals surface area contributed by atoms with E-state index >= 15 is 0 Å². The number of rotatable bonds is 2. The number of ether oxygens (including phenoxy) is 2. The molecule has 26 heavy (non-hydrogen) atoms. The maximum atomic E-state index is 12.7. The van der Waals surface area contributed by atoms with Crippen LogP contribution in [0.25, 0.3) is 0 Å². The third kappa shape index (κ3) is 3.30. The van der Waals surface area contributed by atoms with Crippen LogP contribution in [0.5, 0.6) is 5.75 Å². The highest BCUT2D eigenvalue weighted by molar-refractivity contribution is 5.79. The molecule has 1 aromatic rings. The monoisotopic (exact) mass is 358 g/mol. The predicted molar refractivity (Wildman–Crippen MR) is 95.7 cm³/mol. The smallest absolute Gasteiger partial charge is 0.226 e. The second kappa shape index (κ2) is 6.91. The summed E-state index contributed by atoms with van der Waals surface area (Å²) in [5.74, 6) is 0.978.